The lowest BCUT2D eigenvalue weighted by Crippen LogP contribution is -2.63. The number of carboxylic acid groups (broad SMARTS) is 1. The first kappa shape index (κ1) is 47.8. The molecule has 2 heterocycles. The number of likely N-dealkylation sites (tertiary alicyclic amines) is 1. The average Bonchev–Trinajstić information content (AvgIpc) is 4.04. The fraction of sp³-hybridized carbons (Fsp3) is 0.745. The number of aromatic amines is 1. The number of nitrogens with zero attached hydrogens (tertiary/aromatic N) is 2. The molecular weight excluding hydrogens is 815 g/mol. The molecule has 1 aliphatic heterocycles. The number of H-pyrrole nitrogens is 1. The second kappa shape index (κ2) is 18.1. The number of carbonyl (C=O) groups excluding carboxylic acids is 2. The van der Waals surface area contributed by atoms with Crippen LogP contribution in [0.3, 0.4) is 0 Å². The summed E-state index contributed by atoms with van der Waals surface area (Å²) in [6.07, 6.45) is 16.5. The van der Waals surface area contributed by atoms with Gasteiger partial charge < -0.3 is 29.2 Å². The third kappa shape index (κ3) is 8.09. The Morgan fingerprint density at radius 2 is 1.71 bits per heavy atom. The van der Waals surface area contributed by atoms with E-state index >= 15 is 4.79 Å². The van der Waals surface area contributed by atoms with E-state index in [4.69, 9.17) is 19.2 Å². The third-order valence-corrected chi connectivity index (χ3v) is 19.9. The number of carboxylic acids is 1. The Morgan fingerprint density at radius 3 is 2.38 bits per heavy atom. The number of esters is 1. The van der Waals surface area contributed by atoms with E-state index in [9.17, 15) is 14.7 Å². The molecule has 1 aromatic heterocycles. The van der Waals surface area contributed by atoms with E-state index in [1.807, 2.05) is 32.2 Å². The van der Waals surface area contributed by atoms with Crippen molar-refractivity contribution in [1.29, 1.82) is 0 Å². The van der Waals surface area contributed by atoms with Crippen LogP contribution in [-0.2, 0) is 23.9 Å². The minimum atomic E-state index is -0.822. The first-order chi connectivity index (χ1) is 30.8. The maximum Gasteiger partial charge on any atom is 0.309 e. The van der Waals surface area contributed by atoms with Crippen molar-refractivity contribution in [2.24, 2.45) is 68.5 Å². The van der Waals surface area contributed by atoms with Crippen LogP contribution in [0.5, 0.6) is 5.75 Å². The summed E-state index contributed by atoms with van der Waals surface area (Å²) >= 11 is 0. The molecule has 0 bridgehead atoms. The number of carbonyl (C=O) groups is 3. The van der Waals surface area contributed by atoms with Crippen LogP contribution in [0.25, 0.3) is 11.3 Å². The summed E-state index contributed by atoms with van der Waals surface area (Å²) in [5.74, 6) is 2.19. The van der Waals surface area contributed by atoms with Gasteiger partial charge in [-0.25, -0.2) is 4.98 Å². The number of fused-ring (bicyclic) bond motifs is 5. The zero-order chi connectivity index (χ0) is 46.7. The van der Waals surface area contributed by atoms with Gasteiger partial charge in [0.1, 0.15) is 24.3 Å². The summed E-state index contributed by atoms with van der Waals surface area (Å²) in [7, 11) is 1.67. The lowest BCUT2D eigenvalue weighted by Gasteiger charge is -2.68. The number of amides is 1. The fourth-order valence-electron chi connectivity index (χ4n) is 15.3. The molecule has 6 aliphatic rings. The largest absolute Gasteiger partial charge is 0.491 e. The van der Waals surface area contributed by atoms with Gasteiger partial charge in [0.05, 0.1) is 41.8 Å². The fourth-order valence-corrected chi connectivity index (χ4v) is 15.3. The highest BCUT2D eigenvalue weighted by atomic mass is 16.5. The summed E-state index contributed by atoms with van der Waals surface area (Å²) in [6, 6.07) is 8.00. The number of ether oxygens (including phenoxy) is 3. The second-order valence-electron chi connectivity index (χ2n) is 23.5. The van der Waals surface area contributed by atoms with E-state index in [2.05, 4.69) is 70.1 Å². The molecule has 65 heavy (non-hydrogen) atoms. The molecular formula is C55H81N3O7. The van der Waals surface area contributed by atoms with E-state index in [-0.39, 0.29) is 51.6 Å². The minimum Gasteiger partial charge on any atom is -0.491 e. The van der Waals surface area contributed by atoms with Gasteiger partial charge in [-0.05, 0) is 166 Å². The van der Waals surface area contributed by atoms with Crippen LogP contribution in [-0.4, -0.2) is 70.8 Å². The molecule has 6 fully saturated rings. The Balaban J connectivity index is 0.992. The van der Waals surface area contributed by atoms with Crippen LogP contribution < -0.4 is 4.74 Å². The van der Waals surface area contributed by atoms with Crippen molar-refractivity contribution < 1.29 is 33.7 Å². The number of aromatic nitrogens is 2. The Bertz CT molecular complexity index is 2070. The molecule has 1 amide bonds. The molecule has 358 valence electrons. The summed E-state index contributed by atoms with van der Waals surface area (Å²) in [6.45, 7) is 24.6. The van der Waals surface area contributed by atoms with Crippen LogP contribution in [0.4, 0.5) is 0 Å². The molecule has 10 nitrogen and oxygen atoms in total. The number of hydrogen-bond acceptors (Lipinski definition) is 7. The van der Waals surface area contributed by atoms with Gasteiger partial charge in [0.15, 0.2) is 0 Å². The molecule has 8 rings (SSSR count). The lowest BCUT2D eigenvalue weighted by molar-refractivity contribution is -0.201. The number of nitrogens with one attached hydrogen (secondary N) is 1. The van der Waals surface area contributed by atoms with Gasteiger partial charge in [0.25, 0.3) is 0 Å². The first-order valence-corrected chi connectivity index (χ1v) is 25.5. The number of unbranched alkanes of at least 4 members (excludes halogenated alkanes) is 1. The molecule has 2 N–H and O–H groups in total. The van der Waals surface area contributed by atoms with Gasteiger partial charge in [-0.3, -0.25) is 14.4 Å². The van der Waals surface area contributed by atoms with Gasteiger partial charge in [-0.15, -0.1) is 0 Å². The molecule has 0 spiro atoms. The number of aliphatic carboxylic acids is 1. The summed E-state index contributed by atoms with van der Waals surface area (Å²) in [5.41, 5.74) is 2.27. The predicted molar refractivity (Wildman–Crippen MR) is 254 cm³/mol. The Labute approximate surface area is 389 Å². The van der Waals surface area contributed by atoms with Crippen molar-refractivity contribution in [3.63, 3.8) is 0 Å². The molecule has 0 radical (unpaired) electrons. The molecule has 5 aliphatic carbocycles. The second-order valence-corrected chi connectivity index (χ2v) is 23.5. The van der Waals surface area contributed by atoms with Gasteiger partial charge in [0, 0.05) is 19.1 Å². The van der Waals surface area contributed by atoms with Crippen molar-refractivity contribution in [2.45, 2.75) is 164 Å². The number of imidazole rings is 1. The van der Waals surface area contributed by atoms with Crippen LogP contribution >= 0.6 is 0 Å². The Hall–Kier alpha value is -3.66. The van der Waals surface area contributed by atoms with Crippen molar-refractivity contribution in [1.82, 2.24) is 14.9 Å². The molecule has 1 saturated heterocycles. The number of benzene rings is 1. The van der Waals surface area contributed by atoms with E-state index in [0.29, 0.717) is 49.2 Å². The van der Waals surface area contributed by atoms with E-state index in [1.54, 1.807) is 7.11 Å². The standard InChI is InChI=1S/C55H81N3O7/c1-11-12-15-45(65-49(61)42-32-41(48(59)60)52(42,6)7)51(4,5)36-22-24-53(8)37(31-36)18-21-40-46-39(34(2)3)23-25-55(46,27-26-54(40,53)9)50(62)58-28-13-14-44(58)47-56-33-43(57-47)35-16-19-38(20-17-35)64-30-29-63-10/h16-17,19-20,33,36-37,39-42,44-46H,2,11-15,18,21-32H2,1,3-10H3,(H,56,57)(H,59,60)/t36-,37-,39+,40-,41?,42?,44?,45+,46-,53-,54-,55+/m1/s1. The Kier molecular flexibility index (Phi) is 13.3. The maximum atomic E-state index is 15.6. The monoisotopic (exact) mass is 896 g/mol. The van der Waals surface area contributed by atoms with Crippen LogP contribution in [0.15, 0.2) is 42.6 Å². The lowest BCUT2D eigenvalue weighted by atomic mass is 9.37. The van der Waals surface area contributed by atoms with E-state index in [1.165, 1.54) is 12.0 Å². The molecule has 1 aromatic carbocycles. The number of rotatable bonds is 16. The molecule has 2 aromatic rings. The van der Waals surface area contributed by atoms with Gasteiger partial charge in [-0.2, -0.15) is 0 Å². The topological polar surface area (TPSA) is 131 Å². The summed E-state index contributed by atoms with van der Waals surface area (Å²) in [4.78, 5) is 52.1. The number of allylic oxidation sites excluding steroid dienone is 1. The third-order valence-electron chi connectivity index (χ3n) is 19.9. The Morgan fingerprint density at radius 1 is 0.954 bits per heavy atom. The smallest absolute Gasteiger partial charge is 0.309 e. The summed E-state index contributed by atoms with van der Waals surface area (Å²) in [5, 5.41) is 9.76. The van der Waals surface area contributed by atoms with Crippen LogP contribution in [0, 0.1) is 68.5 Å². The van der Waals surface area contributed by atoms with Crippen molar-refractivity contribution in [3.8, 4) is 17.0 Å². The van der Waals surface area contributed by atoms with E-state index in [0.717, 1.165) is 113 Å². The highest BCUT2D eigenvalue weighted by Crippen LogP contribution is 2.74. The number of methoxy groups -OCH3 is 1. The van der Waals surface area contributed by atoms with Crippen molar-refractivity contribution in [3.05, 3.63) is 48.4 Å². The molecule has 3 unspecified atom stereocenters. The maximum absolute atomic E-state index is 15.6. The first-order valence-electron chi connectivity index (χ1n) is 25.5. The van der Waals surface area contributed by atoms with Gasteiger partial charge in [-0.1, -0.05) is 73.5 Å². The minimum absolute atomic E-state index is 0.0608. The van der Waals surface area contributed by atoms with Gasteiger partial charge >= 0.3 is 11.9 Å². The zero-order valence-electron chi connectivity index (χ0n) is 41.3. The van der Waals surface area contributed by atoms with E-state index < -0.39 is 17.3 Å². The van der Waals surface area contributed by atoms with Crippen molar-refractivity contribution in [2.75, 3.05) is 26.9 Å². The van der Waals surface area contributed by atoms with Crippen LogP contribution in [0.1, 0.15) is 164 Å². The summed E-state index contributed by atoms with van der Waals surface area (Å²) < 4.78 is 17.5. The normalized spacial score (nSPS) is 35.6. The SMILES string of the molecule is C=C(C)[C@@H]1CC[C@]2(C(=O)N3CCCC3c3ncc(-c4ccc(OCCOC)cc4)[nH]3)CC[C@]3(C)[C@H](CC[C@@H]4C[C@H](C(C)(C)[C@H](CCCC)OC(=O)C5CC(C(=O)O)C5(C)C)CC[C@]43C)[C@@H]12. The highest BCUT2D eigenvalue weighted by molar-refractivity contribution is 5.85. The molecule has 12 atom stereocenters. The van der Waals surface area contributed by atoms with Crippen LogP contribution in [0.2, 0.25) is 0 Å². The predicted octanol–water partition coefficient (Wildman–Crippen LogP) is 11.9. The zero-order valence-corrected chi connectivity index (χ0v) is 41.3. The quantitative estimate of drug-likeness (QED) is 0.0967. The van der Waals surface area contributed by atoms with Crippen molar-refractivity contribution >= 4 is 17.8 Å². The molecule has 5 saturated carbocycles. The highest BCUT2D eigenvalue weighted by Gasteiger charge is 2.69. The average molecular weight is 896 g/mol. The number of hydrogen-bond donors (Lipinski definition) is 2. The molecule has 10 heteroatoms. The van der Waals surface area contributed by atoms with Gasteiger partial charge in [0.2, 0.25) is 5.91 Å².